The highest BCUT2D eigenvalue weighted by molar-refractivity contribution is 5.91. The molecule has 5 fully saturated rings. The van der Waals surface area contributed by atoms with Gasteiger partial charge in [0.2, 0.25) is 0 Å². The molecule has 5 rings (SSSR count). The summed E-state index contributed by atoms with van der Waals surface area (Å²) < 4.78 is 0. The number of terminal acetylenes is 2. The van der Waals surface area contributed by atoms with E-state index in [9.17, 15) is 9.59 Å². The van der Waals surface area contributed by atoms with Gasteiger partial charge in [-0.2, -0.15) is 0 Å². The number of Topliss-reactive ketones (excluding diaryl/α,β-unsaturated/α-hetero) is 2. The van der Waals surface area contributed by atoms with Crippen molar-refractivity contribution in [3.05, 3.63) is 0 Å². The number of ketones is 2. The summed E-state index contributed by atoms with van der Waals surface area (Å²) in [6, 6.07) is 0. The molecule has 0 aromatic rings. The first kappa shape index (κ1) is 16.6. The van der Waals surface area contributed by atoms with Crippen molar-refractivity contribution in [1.82, 2.24) is 0 Å². The van der Waals surface area contributed by atoms with E-state index in [1.54, 1.807) is 0 Å². The van der Waals surface area contributed by atoms with E-state index < -0.39 is 0 Å². The molecule has 0 aromatic carbocycles. The second kappa shape index (κ2) is 5.99. The Labute approximate surface area is 156 Å². The lowest BCUT2D eigenvalue weighted by molar-refractivity contribution is -0.132. The van der Waals surface area contributed by atoms with E-state index in [1.807, 2.05) is 0 Å². The molecule has 0 amide bonds. The monoisotopic (exact) mass is 348 g/mol. The Kier molecular flexibility index (Phi) is 3.83. The Balaban J connectivity index is 1.62. The number of carbonyl (C=O) groups is 2. The summed E-state index contributed by atoms with van der Waals surface area (Å²) in [6.07, 6.45) is 20.9. The van der Waals surface area contributed by atoms with Crippen LogP contribution in [-0.4, -0.2) is 11.6 Å². The quantitative estimate of drug-likeness (QED) is 0.625. The molecule has 5 saturated carbocycles. The third kappa shape index (κ3) is 1.97. The molecule has 0 bridgehead atoms. The van der Waals surface area contributed by atoms with Crippen LogP contribution in [0, 0.1) is 83.9 Å². The van der Waals surface area contributed by atoms with Crippen LogP contribution in [0.2, 0.25) is 0 Å². The zero-order chi connectivity index (χ0) is 18.0. The van der Waals surface area contributed by atoms with E-state index >= 15 is 0 Å². The molecule has 0 aromatic heterocycles. The van der Waals surface area contributed by atoms with Gasteiger partial charge in [-0.1, -0.05) is 25.7 Å². The molecule has 10 unspecified atom stereocenters. The van der Waals surface area contributed by atoms with Gasteiger partial charge in [0.25, 0.3) is 0 Å². The number of fused-ring (bicyclic) bond motifs is 6. The van der Waals surface area contributed by atoms with Gasteiger partial charge >= 0.3 is 0 Å². The average molecular weight is 348 g/mol. The molecule has 0 radical (unpaired) electrons. The van der Waals surface area contributed by atoms with Crippen molar-refractivity contribution < 1.29 is 9.59 Å². The Bertz CT molecular complexity index is 659. The van der Waals surface area contributed by atoms with E-state index in [4.69, 9.17) is 12.8 Å². The second-order valence-electron chi connectivity index (χ2n) is 9.51. The summed E-state index contributed by atoms with van der Waals surface area (Å²) in [7, 11) is 0. The highest BCUT2D eigenvalue weighted by atomic mass is 16.1. The number of hydrogen-bond acceptors (Lipinski definition) is 2. The first-order chi connectivity index (χ1) is 12.7. The molecule has 2 nitrogen and oxygen atoms in total. The molecule has 26 heavy (non-hydrogen) atoms. The molecule has 2 heteroatoms. The van der Waals surface area contributed by atoms with Crippen LogP contribution >= 0.6 is 0 Å². The second-order valence-corrected chi connectivity index (χ2v) is 9.51. The van der Waals surface area contributed by atoms with E-state index in [0.717, 1.165) is 38.5 Å². The molecule has 0 saturated heterocycles. The highest BCUT2D eigenvalue weighted by Gasteiger charge is 2.67. The topological polar surface area (TPSA) is 34.1 Å². The minimum atomic E-state index is -0.0797. The van der Waals surface area contributed by atoms with Gasteiger partial charge < -0.3 is 0 Å². The largest absolute Gasteiger partial charge is 0.299 e. The standard InChI is InChI=1S/C24H28O2/c1-3-13-19-15-9-5-7-11-17(15)24(26)22(19)14(4-2)20-16-10-6-8-12-18(16)23(25)21(13)20/h1-2,13-22H,5-12H2. The summed E-state index contributed by atoms with van der Waals surface area (Å²) in [6.45, 7) is 0. The van der Waals surface area contributed by atoms with Gasteiger partial charge in [0.05, 0.1) is 0 Å². The van der Waals surface area contributed by atoms with E-state index in [0.29, 0.717) is 23.4 Å². The molecule has 136 valence electrons. The number of carbonyl (C=O) groups excluding carboxylic acids is 2. The van der Waals surface area contributed by atoms with Crippen molar-refractivity contribution in [2.45, 2.75) is 51.4 Å². The first-order valence-corrected chi connectivity index (χ1v) is 10.7. The molecule has 0 heterocycles. The lowest BCUT2D eigenvalue weighted by atomic mass is 9.55. The lowest BCUT2D eigenvalue weighted by Gasteiger charge is -2.46. The molecule has 0 aliphatic heterocycles. The maximum absolute atomic E-state index is 13.4. The fraction of sp³-hybridized carbons (Fsp3) is 0.750. The lowest BCUT2D eigenvalue weighted by Crippen LogP contribution is -2.47. The van der Waals surface area contributed by atoms with Crippen LogP contribution in [0.3, 0.4) is 0 Å². The van der Waals surface area contributed by atoms with Gasteiger partial charge in [-0.25, -0.2) is 0 Å². The highest BCUT2D eigenvalue weighted by Crippen LogP contribution is 2.64. The van der Waals surface area contributed by atoms with Crippen LogP contribution in [-0.2, 0) is 9.59 Å². The number of hydrogen-bond donors (Lipinski definition) is 0. The fourth-order valence-corrected chi connectivity index (χ4v) is 8.07. The average Bonchev–Trinajstić information content (AvgIpc) is 3.14. The van der Waals surface area contributed by atoms with Crippen molar-refractivity contribution in [3.63, 3.8) is 0 Å². The van der Waals surface area contributed by atoms with Crippen molar-refractivity contribution >= 4 is 11.6 Å². The van der Waals surface area contributed by atoms with Crippen LogP contribution in [0.5, 0.6) is 0 Å². The Morgan fingerprint density at radius 1 is 0.654 bits per heavy atom. The van der Waals surface area contributed by atoms with Crippen molar-refractivity contribution in [3.8, 4) is 24.7 Å². The first-order valence-electron chi connectivity index (χ1n) is 10.7. The SMILES string of the molecule is C#CC1C2C(=O)C3CCCCC3C2C(C#C)C2C(=O)C3CCCCC3C12. The van der Waals surface area contributed by atoms with Gasteiger partial charge in [-0.15, -0.1) is 24.7 Å². The maximum atomic E-state index is 13.4. The van der Waals surface area contributed by atoms with Gasteiger partial charge in [0, 0.05) is 35.5 Å². The van der Waals surface area contributed by atoms with E-state index in [2.05, 4.69) is 11.8 Å². The summed E-state index contributed by atoms with van der Waals surface area (Å²) >= 11 is 0. The van der Waals surface area contributed by atoms with Crippen molar-refractivity contribution in [2.24, 2.45) is 59.2 Å². The minimum absolute atomic E-state index is 0.0650. The summed E-state index contributed by atoms with van der Waals surface area (Å²) in [5.74, 6) is 7.95. The summed E-state index contributed by atoms with van der Waals surface area (Å²) in [4.78, 5) is 26.8. The van der Waals surface area contributed by atoms with Gasteiger partial charge in [0.1, 0.15) is 11.6 Å². The van der Waals surface area contributed by atoms with Crippen LogP contribution in [0.15, 0.2) is 0 Å². The van der Waals surface area contributed by atoms with Crippen molar-refractivity contribution in [2.75, 3.05) is 0 Å². The Hall–Kier alpha value is -1.54. The zero-order valence-electron chi connectivity index (χ0n) is 15.4. The van der Waals surface area contributed by atoms with Crippen LogP contribution in [0.1, 0.15) is 51.4 Å². The molecule has 10 atom stereocenters. The van der Waals surface area contributed by atoms with Crippen LogP contribution < -0.4 is 0 Å². The molecular weight excluding hydrogens is 320 g/mol. The summed E-state index contributed by atoms with van der Waals surface area (Å²) in [5, 5.41) is 0. The zero-order valence-corrected chi connectivity index (χ0v) is 15.4. The molecule has 5 aliphatic rings. The third-order valence-electron chi connectivity index (χ3n) is 8.83. The Morgan fingerprint density at radius 3 is 1.42 bits per heavy atom. The summed E-state index contributed by atoms with van der Waals surface area (Å²) in [5.41, 5.74) is 0. The Morgan fingerprint density at radius 2 is 1.04 bits per heavy atom. The van der Waals surface area contributed by atoms with E-state index in [1.165, 1.54) is 12.8 Å². The predicted octanol–water partition coefficient (Wildman–Crippen LogP) is 3.74. The molecule has 5 aliphatic carbocycles. The minimum Gasteiger partial charge on any atom is -0.299 e. The van der Waals surface area contributed by atoms with Crippen LogP contribution in [0.25, 0.3) is 0 Å². The normalized spacial score (nSPS) is 52.2. The van der Waals surface area contributed by atoms with E-state index in [-0.39, 0.29) is 47.3 Å². The predicted molar refractivity (Wildman–Crippen MR) is 99.5 cm³/mol. The molecule has 0 spiro atoms. The maximum Gasteiger partial charge on any atom is 0.140 e. The fourth-order valence-electron chi connectivity index (χ4n) is 8.07. The van der Waals surface area contributed by atoms with Crippen molar-refractivity contribution in [1.29, 1.82) is 0 Å². The van der Waals surface area contributed by atoms with Gasteiger partial charge in [-0.05, 0) is 49.4 Å². The third-order valence-corrected chi connectivity index (χ3v) is 8.83. The van der Waals surface area contributed by atoms with Gasteiger partial charge in [0.15, 0.2) is 0 Å². The smallest absolute Gasteiger partial charge is 0.140 e. The molecule has 0 N–H and O–H groups in total. The molecular formula is C24H28O2. The van der Waals surface area contributed by atoms with Crippen LogP contribution in [0.4, 0.5) is 0 Å². The van der Waals surface area contributed by atoms with Gasteiger partial charge in [-0.3, -0.25) is 9.59 Å². The number of rotatable bonds is 0.